The number of nitrogens with zero attached hydrogens (tertiary/aromatic N) is 2. The molecule has 18 heavy (non-hydrogen) atoms. The molecule has 0 aliphatic heterocycles. The van der Waals surface area contributed by atoms with Crippen molar-refractivity contribution in [3.8, 4) is 0 Å². The Morgan fingerprint density at radius 2 is 2.39 bits per heavy atom. The first-order chi connectivity index (χ1) is 8.65. The van der Waals surface area contributed by atoms with E-state index in [-0.39, 0.29) is 11.5 Å². The Bertz CT molecular complexity index is 516. The van der Waals surface area contributed by atoms with Gasteiger partial charge in [-0.15, -0.1) is 10.2 Å². The van der Waals surface area contributed by atoms with Crippen molar-refractivity contribution in [2.45, 2.75) is 11.5 Å². The molecule has 2 rings (SSSR count). The highest BCUT2D eigenvalue weighted by Crippen LogP contribution is 2.21. The number of aromatic nitrogens is 2. The van der Waals surface area contributed by atoms with Crippen molar-refractivity contribution < 1.29 is 18.0 Å². The van der Waals surface area contributed by atoms with E-state index in [1.807, 2.05) is 0 Å². The molecular formula is C9H7F2N3O2S2. The third-order valence-corrected chi connectivity index (χ3v) is 3.13. The van der Waals surface area contributed by atoms with Crippen LogP contribution in [0.25, 0.3) is 0 Å². The first-order valence-electron chi connectivity index (χ1n) is 4.71. The Morgan fingerprint density at radius 3 is 3.06 bits per heavy atom. The molecule has 2 aromatic rings. The number of nitrogens with one attached hydrogen (secondary N) is 1. The van der Waals surface area contributed by atoms with Crippen LogP contribution in [0.1, 0.15) is 16.3 Å². The largest absolute Gasteiger partial charge is 0.455 e. The predicted octanol–water partition coefficient (Wildman–Crippen LogP) is 2.84. The lowest BCUT2D eigenvalue weighted by Crippen LogP contribution is -2.10. The number of hydrogen-bond donors (Lipinski definition) is 1. The van der Waals surface area contributed by atoms with E-state index in [0.29, 0.717) is 22.7 Å². The molecule has 0 aliphatic rings. The summed E-state index contributed by atoms with van der Waals surface area (Å²) in [7, 11) is 0. The summed E-state index contributed by atoms with van der Waals surface area (Å²) in [4.78, 5) is 11.6. The van der Waals surface area contributed by atoms with Gasteiger partial charge in [-0.2, -0.15) is 8.78 Å². The van der Waals surface area contributed by atoms with E-state index in [0.717, 1.165) is 0 Å². The Morgan fingerprint density at radius 1 is 1.56 bits per heavy atom. The third kappa shape index (κ3) is 3.50. The highest BCUT2D eigenvalue weighted by Gasteiger charge is 2.13. The van der Waals surface area contributed by atoms with Crippen molar-refractivity contribution in [3.05, 3.63) is 29.2 Å². The van der Waals surface area contributed by atoms with Crippen LogP contribution in [0.3, 0.4) is 0 Å². The summed E-state index contributed by atoms with van der Waals surface area (Å²) in [6.07, 6.45) is 0. The van der Waals surface area contributed by atoms with Gasteiger partial charge < -0.3 is 4.42 Å². The van der Waals surface area contributed by atoms with E-state index >= 15 is 0 Å². The second-order valence-electron chi connectivity index (χ2n) is 3.04. The van der Waals surface area contributed by atoms with Gasteiger partial charge >= 0.3 is 0 Å². The van der Waals surface area contributed by atoms with Gasteiger partial charge in [-0.05, 0) is 12.1 Å². The summed E-state index contributed by atoms with van der Waals surface area (Å²) in [6.45, 7) is 0. The first-order valence-corrected chi connectivity index (χ1v) is 6.64. The molecule has 0 unspecified atom stereocenters. The van der Waals surface area contributed by atoms with Gasteiger partial charge in [-0.25, -0.2) is 0 Å². The highest BCUT2D eigenvalue weighted by molar-refractivity contribution is 7.98. The molecule has 0 fully saturated rings. The van der Waals surface area contributed by atoms with Crippen molar-refractivity contribution >= 4 is 34.1 Å². The number of thioether (sulfide) groups is 1. The van der Waals surface area contributed by atoms with Gasteiger partial charge in [0, 0.05) is 0 Å². The Balaban J connectivity index is 1.94. The second kappa shape index (κ2) is 5.91. The second-order valence-corrected chi connectivity index (χ2v) is 4.85. The third-order valence-electron chi connectivity index (χ3n) is 1.82. The number of rotatable bonds is 5. The number of alkyl halides is 2. The minimum Gasteiger partial charge on any atom is -0.455 e. The fourth-order valence-corrected chi connectivity index (χ4v) is 1.99. The maximum atomic E-state index is 12.0. The summed E-state index contributed by atoms with van der Waals surface area (Å²) in [5, 5.41) is 10.0. The Hall–Kier alpha value is -1.48. The van der Waals surface area contributed by atoms with E-state index < -0.39 is 11.7 Å². The lowest BCUT2D eigenvalue weighted by Gasteiger charge is -1.98. The number of halogens is 2. The summed E-state index contributed by atoms with van der Waals surface area (Å²) in [5.74, 6) is -2.56. The molecule has 9 heteroatoms. The van der Waals surface area contributed by atoms with Crippen LogP contribution in [0, 0.1) is 0 Å². The molecular weight excluding hydrogens is 284 g/mol. The summed E-state index contributed by atoms with van der Waals surface area (Å²) < 4.78 is 29.1. The van der Waals surface area contributed by atoms with Crippen LogP contribution in [-0.4, -0.2) is 21.9 Å². The standard InChI is InChI=1S/C9H7F2N3O2S2/c10-8(11)17-3-5-1-2-6(16-5)7(15)13-9-14-12-4-18-9/h1-2,4,8H,3H2,(H,13,14,15). The van der Waals surface area contributed by atoms with E-state index in [1.165, 1.54) is 29.0 Å². The van der Waals surface area contributed by atoms with Gasteiger partial charge in [0.05, 0.1) is 5.75 Å². The zero-order valence-electron chi connectivity index (χ0n) is 8.80. The van der Waals surface area contributed by atoms with Gasteiger partial charge in [-0.1, -0.05) is 23.1 Å². The molecule has 0 aromatic carbocycles. The summed E-state index contributed by atoms with van der Waals surface area (Å²) in [6, 6.07) is 2.92. The summed E-state index contributed by atoms with van der Waals surface area (Å²) in [5.41, 5.74) is 1.47. The monoisotopic (exact) mass is 291 g/mol. The van der Waals surface area contributed by atoms with Crippen LogP contribution in [0.5, 0.6) is 0 Å². The van der Waals surface area contributed by atoms with Crippen molar-refractivity contribution in [1.29, 1.82) is 0 Å². The van der Waals surface area contributed by atoms with Gasteiger partial charge in [-0.3, -0.25) is 10.1 Å². The molecule has 1 amide bonds. The molecule has 5 nitrogen and oxygen atoms in total. The molecule has 0 saturated heterocycles. The SMILES string of the molecule is O=C(Nc1nncs1)c1ccc(CSC(F)F)o1. The predicted molar refractivity (Wildman–Crippen MR) is 63.9 cm³/mol. The molecule has 0 bridgehead atoms. The smallest absolute Gasteiger partial charge is 0.293 e. The molecule has 2 aromatic heterocycles. The van der Waals surface area contributed by atoms with Gasteiger partial charge in [0.15, 0.2) is 5.76 Å². The van der Waals surface area contributed by atoms with Gasteiger partial charge in [0.2, 0.25) is 5.13 Å². The van der Waals surface area contributed by atoms with Crippen molar-refractivity contribution in [3.63, 3.8) is 0 Å². The van der Waals surface area contributed by atoms with E-state index in [9.17, 15) is 13.6 Å². The molecule has 0 radical (unpaired) electrons. The minimum atomic E-state index is -2.46. The van der Waals surface area contributed by atoms with Crippen LogP contribution >= 0.6 is 23.1 Å². The van der Waals surface area contributed by atoms with E-state index in [1.54, 1.807) is 0 Å². The topological polar surface area (TPSA) is 68.0 Å². The highest BCUT2D eigenvalue weighted by atomic mass is 32.2. The van der Waals surface area contributed by atoms with E-state index in [2.05, 4.69) is 15.5 Å². The average molecular weight is 291 g/mol. The number of furan rings is 1. The van der Waals surface area contributed by atoms with Gasteiger partial charge in [0.25, 0.3) is 11.7 Å². The quantitative estimate of drug-likeness (QED) is 0.917. The fraction of sp³-hybridized carbons (Fsp3) is 0.222. The molecule has 0 aliphatic carbocycles. The lowest BCUT2D eigenvalue weighted by molar-refractivity contribution is 0.0995. The van der Waals surface area contributed by atoms with E-state index in [4.69, 9.17) is 4.42 Å². The maximum absolute atomic E-state index is 12.0. The molecule has 2 heterocycles. The number of anilines is 1. The van der Waals surface area contributed by atoms with Crippen LogP contribution in [0.4, 0.5) is 13.9 Å². The normalized spacial score (nSPS) is 10.8. The Kier molecular flexibility index (Phi) is 4.26. The molecule has 1 N–H and O–H groups in total. The summed E-state index contributed by atoms with van der Waals surface area (Å²) >= 11 is 1.60. The number of hydrogen-bond acceptors (Lipinski definition) is 6. The van der Waals surface area contributed by atoms with Crippen LogP contribution in [-0.2, 0) is 5.75 Å². The zero-order chi connectivity index (χ0) is 13.0. The number of carbonyl (C=O) groups is 1. The molecule has 0 saturated carbocycles. The Labute approximate surface area is 109 Å². The van der Waals surface area contributed by atoms with Crippen LogP contribution in [0.15, 0.2) is 22.1 Å². The molecule has 0 atom stereocenters. The fourth-order valence-electron chi connectivity index (χ4n) is 1.11. The lowest BCUT2D eigenvalue weighted by atomic mass is 10.4. The minimum absolute atomic E-state index is 0.0176. The van der Waals surface area contributed by atoms with Crippen molar-refractivity contribution in [2.75, 3.05) is 5.32 Å². The van der Waals surface area contributed by atoms with Crippen LogP contribution in [0.2, 0.25) is 0 Å². The zero-order valence-corrected chi connectivity index (χ0v) is 10.4. The molecule has 0 spiro atoms. The van der Waals surface area contributed by atoms with Crippen LogP contribution < -0.4 is 5.32 Å². The number of carbonyl (C=O) groups excluding carboxylic acids is 1. The van der Waals surface area contributed by atoms with Gasteiger partial charge in [0.1, 0.15) is 11.3 Å². The number of amides is 1. The van der Waals surface area contributed by atoms with Crippen molar-refractivity contribution in [1.82, 2.24) is 10.2 Å². The maximum Gasteiger partial charge on any atom is 0.293 e. The average Bonchev–Trinajstić information content (AvgIpc) is 2.96. The van der Waals surface area contributed by atoms with Crippen molar-refractivity contribution in [2.24, 2.45) is 0 Å². The molecule has 96 valence electrons. The first kappa shape index (κ1) is 13.0.